The maximum atomic E-state index is 14.7. The molecule has 3 rings (SSSR count). The van der Waals surface area contributed by atoms with E-state index in [1.807, 2.05) is 6.92 Å². The van der Waals surface area contributed by atoms with E-state index in [0.717, 1.165) is 5.69 Å². The summed E-state index contributed by atoms with van der Waals surface area (Å²) in [5.41, 5.74) is 1.40. The van der Waals surface area contributed by atoms with Crippen LogP contribution in [-0.2, 0) is 13.5 Å². The Labute approximate surface area is 134 Å². The summed E-state index contributed by atoms with van der Waals surface area (Å²) >= 11 is 0. The first-order valence-corrected chi connectivity index (χ1v) is 7.35. The zero-order valence-electron chi connectivity index (χ0n) is 13.5. The van der Waals surface area contributed by atoms with Gasteiger partial charge in [0, 0.05) is 6.42 Å². The second-order valence-electron chi connectivity index (χ2n) is 5.70. The summed E-state index contributed by atoms with van der Waals surface area (Å²) in [6, 6.07) is 0. The average Bonchev–Trinajstić information content (AvgIpc) is 2.54. The van der Waals surface area contributed by atoms with Gasteiger partial charge in [-0.1, -0.05) is 6.92 Å². The summed E-state index contributed by atoms with van der Waals surface area (Å²) in [6.07, 6.45) is 0.582. The summed E-state index contributed by atoms with van der Waals surface area (Å²) in [5, 5.41) is -1.61. The van der Waals surface area contributed by atoms with Crippen molar-refractivity contribution in [2.75, 3.05) is 0 Å². The highest BCUT2D eigenvalue weighted by Gasteiger charge is 2.30. The normalized spacial score (nSPS) is 11.7. The molecule has 0 aliphatic carbocycles. The summed E-state index contributed by atoms with van der Waals surface area (Å²) in [4.78, 5) is 4.23. The highest BCUT2D eigenvalue weighted by Crippen LogP contribution is 2.35. The second-order valence-corrected chi connectivity index (χ2v) is 5.70. The maximum Gasteiger partial charge on any atom is 0.237 e. The van der Waals surface area contributed by atoms with Crippen LogP contribution in [0, 0.1) is 42.9 Å². The quantitative estimate of drug-likeness (QED) is 0.214. The summed E-state index contributed by atoms with van der Waals surface area (Å²) in [7, 11) is 1.64. The van der Waals surface area contributed by atoms with Crippen molar-refractivity contribution in [1.82, 2.24) is 4.98 Å². The van der Waals surface area contributed by atoms with Crippen molar-refractivity contribution in [3.63, 3.8) is 0 Å². The van der Waals surface area contributed by atoms with Crippen LogP contribution in [-0.4, -0.2) is 4.98 Å². The van der Waals surface area contributed by atoms with Gasteiger partial charge < -0.3 is 0 Å². The standard InChI is InChI=1S/C17H14F5N2/c1-5-8-7(3)23-16-10-9(11(18)6(2)17(16)24(8)4)12(19)14(21)15(22)13(10)20/h5H2,1-4H3/q+1. The first-order valence-electron chi connectivity index (χ1n) is 7.35. The van der Waals surface area contributed by atoms with Gasteiger partial charge in [-0.15, -0.1) is 0 Å². The molecule has 0 aliphatic rings. The number of fused-ring (bicyclic) bond motifs is 3. The van der Waals surface area contributed by atoms with E-state index in [9.17, 15) is 22.0 Å². The lowest BCUT2D eigenvalue weighted by Crippen LogP contribution is -2.37. The van der Waals surface area contributed by atoms with Crippen molar-refractivity contribution in [3.05, 3.63) is 46.0 Å². The number of aryl methyl sites for hydroxylation is 3. The van der Waals surface area contributed by atoms with Crippen LogP contribution in [0.2, 0.25) is 0 Å². The highest BCUT2D eigenvalue weighted by molar-refractivity contribution is 6.05. The lowest BCUT2D eigenvalue weighted by Gasteiger charge is -2.12. The van der Waals surface area contributed by atoms with Gasteiger partial charge in [-0.05, 0) is 13.8 Å². The maximum absolute atomic E-state index is 14.7. The molecule has 0 bridgehead atoms. The molecular formula is C17H14F5N2+. The molecule has 0 saturated heterocycles. The zero-order valence-corrected chi connectivity index (χ0v) is 13.5. The third-order valence-electron chi connectivity index (χ3n) is 4.40. The summed E-state index contributed by atoms with van der Waals surface area (Å²) in [6.45, 7) is 4.90. The molecule has 1 heterocycles. The monoisotopic (exact) mass is 341 g/mol. The fourth-order valence-electron chi connectivity index (χ4n) is 3.27. The molecule has 0 saturated carbocycles. The molecule has 126 valence electrons. The molecular weight excluding hydrogens is 327 g/mol. The number of rotatable bonds is 1. The van der Waals surface area contributed by atoms with Crippen LogP contribution in [0.3, 0.4) is 0 Å². The van der Waals surface area contributed by atoms with Crippen molar-refractivity contribution < 1.29 is 26.5 Å². The van der Waals surface area contributed by atoms with Gasteiger partial charge >= 0.3 is 0 Å². The Morgan fingerprint density at radius 1 is 0.833 bits per heavy atom. The van der Waals surface area contributed by atoms with Crippen LogP contribution in [0.5, 0.6) is 0 Å². The predicted molar refractivity (Wildman–Crippen MR) is 79.1 cm³/mol. The van der Waals surface area contributed by atoms with Gasteiger partial charge in [0.2, 0.25) is 11.2 Å². The third kappa shape index (κ3) is 1.93. The van der Waals surface area contributed by atoms with Crippen LogP contribution < -0.4 is 4.57 Å². The molecule has 0 radical (unpaired) electrons. The van der Waals surface area contributed by atoms with Gasteiger partial charge in [-0.2, -0.15) is 4.57 Å². The Hall–Kier alpha value is -2.31. The van der Waals surface area contributed by atoms with Gasteiger partial charge in [-0.3, -0.25) is 0 Å². The Morgan fingerprint density at radius 2 is 1.38 bits per heavy atom. The van der Waals surface area contributed by atoms with E-state index < -0.39 is 39.9 Å². The van der Waals surface area contributed by atoms with Gasteiger partial charge in [0.1, 0.15) is 24.1 Å². The minimum Gasteiger partial charge on any atom is -0.239 e. The minimum absolute atomic E-state index is 0.00786. The van der Waals surface area contributed by atoms with E-state index in [2.05, 4.69) is 4.98 Å². The van der Waals surface area contributed by atoms with Crippen LogP contribution in [0.15, 0.2) is 0 Å². The van der Waals surface area contributed by atoms with Crippen molar-refractivity contribution in [2.45, 2.75) is 27.2 Å². The fourth-order valence-corrected chi connectivity index (χ4v) is 3.27. The number of halogens is 5. The van der Waals surface area contributed by atoms with Gasteiger partial charge in [-0.25, -0.2) is 26.9 Å². The molecule has 0 N–H and O–H groups in total. The molecule has 0 unspecified atom stereocenters. The third-order valence-corrected chi connectivity index (χ3v) is 4.40. The minimum atomic E-state index is -2.04. The predicted octanol–water partition coefficient (Wildman–Crippen LogP) is 4.09. The van der Waals surface area contributed by atoms with Crippen molar-refractivity contribution in [3.8, 4) is 0 Å². The number of aromatic nitrogens is 2. The molecule has 1 aromatic heterocycles. The molecule has 0 amide bonds. The lowest BCUT2D eigenvalue weighted by molar-refractivity contribution is -0.653. The first kappa shape index (κ1) is 16.5. The van der Waals surface area contributed by atoms with E-state index in [1.54, 1.807) is 18.5 Å². The molecule has 0 fully saturated rings. The van der Waals surface area contributed by atoms with E-state index in [-0.39, 0.29) is 16.6 Å². The molecule has 0 atom stereocenters. The Bertz CT molecular complexity index is 1030. The van der Waals surface area contributed by atoms with Crippen LogP contribution >= 0.6 is 0 Å². The molecule has 2 aromatic carbocycles. The Morgan fingerprint density at radius 3 is 1.92 bits per heavy atom. The molecule has 3 aromatic rings. The van der Waals surface area contributed by atoms with E-state index in [0.29, 0.717) is 12.1 Å². The lowest BCUT2D eigenvalue weighted by atomic mass is 10.0. The number of hydrogen-bond acceptors (Lipinski definition) is 1. The van der Waals surface area contributed by atoms with Gasteiger partial charge in [0.25, 0.3) is 0 Å². The van der Waals surface area contributed by atoms with Crippen molar-refractivity contribution in [1.29, 1.82) is 0 Å². The molecule has 0 spiro atoms. The smallest absolute Gasteiger partial charge is 0.237 e. The van der Waals surface area contributed by atoms with Gasteiger partial charge in [0.15, 0.2) is 23.3 Å². The van der Waals surface area contributed by atoms with Crippen LogP contribution in [0.25, 0.3) is 21.8 Å². The van der Waals surface area contributed by atoms with E-state index in [4.69, 9.17) is 0 Å². The number of nitrogens with zero attached hydrogens (tertiary/aromatic N) is 2. The van der Waals surface area contributed by atoms with Crippen LogP contribution in [0.4, 0.5) is 22.0 Å². The first-order chi connectivity index (χ1) is 11.2. The molecule has 0 aliphatic heterocycles. The van der Waals surface area contributed by atoms with E-state index >= 15 is 0 Å². The number of benzene rings is 2. The number of hydrogen-bond donors (Lipinski definition) is 0. The van der Waals surface area contributed by atoms with Crippen molar-refractivity contribution >= 4 is 21.8 Å². The largest absolute Gasteiger partial charge is 0.239 e. The molecule has 2 nitrogen and oxygen atoms in total. The fraction of sp³-hybridized carbons (Fsp3) is 0.294. The molecule has 24 heavy (non-hydrogen) atoms. The highest BCUT2D eigenvalue weighted by atomic mass is 19.2. The molecule has 7 heteroatoms. The SMILES string of the molecule is CCc1c(C)nc2c3c(F)c(F)c(F)c(F)c3c(F)c(C)c2[n+]1C. The Kier molecular flexibility index (Phi) is 3.69. The average molecular weight is 341 g/mol. The Balaban J connectivity index is 2.76. The second kappa shape index (κ2) is 5.36. The van der Waals surface area contributed by atoms with E-state index in [1.165, 1.54) is 6.92 Å². The van der Waals surface area contributed by atoms with Gasteiger partial charge in [0.05, 0.1) is 16.3 Å². The topological polar surface area (TPSA) is 16.8 Å². The zero-order chi connectivity index (χ0) is 17.9. The summed E-state index contributed by atoms with van der Waals surface area (Å²) in [5.74, 6) is -8.55. The van der Waals surface area contributed by atoms with Crippen molar-refractivity contribution in [2.24, 2.45) is 7.05 Å². The summed E-state index contributed by atoms with van der Waals surface area (Å²) < 4.78 is 71.9. The van der Waals surface area contributed by atoms with Crippen LogP contribution in [0.1, 0.15) is 23.9 Å².